The van der Waals surface area contributed by atoms with Crippen LogP contribution in [0, 0.1) is 17.8 Å². The number of carbonyl (C=O) groups is 4. The summed E-state index contributed by atoms with van der Waals surface area (Å²) in [6.07, 6.45) is -4.69. The molecule has 2 aromatic carbocycles. The number of esters is 1. The average molecular weight is 579 g/mol. The van der Waals surface area contributed by atoms with Gasteiger partial charge in [0.05, 0.1) is 18.9 Å². The van der Waals surface area contributed by atoms with Gasteiger partial charge >= 0.3 is 18.1 Å². The molecule has 13 heteroatoms. The summed E-state index contributed by atoms with van der Waals surface area (Å²) >= 11 is 0. The monoisotopic (exact) mass is 578 g/mol. The summed E-state index contributed by atoms with van der Waals surface area (Å²) in [7, 11) is 2.81. The SMILES string of the molecule is COC(=O)[C@]1(CC(C)C)N[C@H](c2ccc(-c3ccc4c(c3)OCO4)cc2)[C@@H]2C(=O)N(C)C(=O)[C@@H]21.O=C(O)C(F)(F)F. The lowest BCUT2D eigenvalue weighted by atomic mass is 9.75. The van der Waals surface area contributed by atoms with Crippen molar-refractivity contribution < 1.29 is 51.7 Å². The highest BCUT2D eigenvalue weighted by Crippen LogP contribution is 2.51. The highest BCUT2D eigenvalue weighted by atomic mass is 19.4. The summed E-state index contributed by atoms with van der Waals surface area (Å²) in [4.78, 5) is 49.5. The number of hydrogen-bond donors (Lipinski definition) is 2. The number of hydrogen-bond acceptors (Lipinski definition) is 8. The number of amides is 2. The summed E-state index contributed by atoms with van der Waals surface area (Å²) in [5.74, 6) is -3.83. The number of imide groups is 1. The Balaban J connectivity index is 0.000000493. The van der Waals surface area contributed by atoms with Gasteiger partial charge in [-0.05, 0) is 41.2 Å². The number of aliphatic carboxylic acids is 1. The molecule has 10 nitrogen and oxygen atoms in total. The smallest absolute Gasteiger partial charge is 0.475 e. The second-order valence-corrected chi connectivity index (χ2v) is 10.4. The Hall–Kier alpha value is -4.13. The molecule has 2 aromatic rings. The van der Waals surface area contributed by atoms with Crippen molar-refractivity contribution in [3.05, 3.63) is 48.0 Å². The zero-order valence-corrected chi connectivity index (χ0v) is 22.7. The maximum Gasteiger partial charge on any atom is 0.490 e. The van der Waals surface area contributed by atoms with Crippen molar-refractivity contribution in [3.8, 4) is 22.6 Å². The zero-order chi connectivity index (χ0) is 30.3. The van der Waals surface area contributed by atoms with Crippen LogP contribution < -0.4 is 14.8 Å². The zero-order valence-electron chi connectivity index (χ0n) is 22.7. The van der Waals surface area contributed by atoms with Gasteiger partial charge in [0, 0.05) is 13.1 Å². The molecule has 0 radical (unpaired) electrons. The fourth-order valence-electron chi connectivity index (χ4n) is 5.68. The molecule has 0 bridgehead atoms. The van der Waals surface area contributed by atoms with Crippen molar-refractivity contribution in [1.29, 1.82) is 0 Å². The van der Waals surface area contributed by atoms with E-state index in [0.29, 0.717) is 12.2 Å². The second kappa shape index (κ2) is 11.0. The Morgan fingerprint density at radius 1 is 1.07 bits per heavy atom. The lowest BCUT2D eigenvalue weighted by Gasteiger charge is -2.33. The minimum atomic E-state index is -5.08. The summed E-state index contributed by atoms with van der Waals surface area (Å²) in [6, 6.07) is 13.1. The molecule has 0 aliphatic carbocycles. The molecule has 0 saturated carbocycles. The standard InChI is InChI=1S/C26H28N2O6.C2HF3O2/c1-14(2)12-26(25(31)32-4)21-20(23(29)28(3)24(21)30)22(27-26)16-7-5-15(6-8-16)17-9-10-18-19(11-17)34-13-33-18;3-2(4,5)1(6)7/h5-11,14,20-22,27H,12-13H2,1-4H3;(H,6,7)/t20-,21-,22-,26-;/m1./s1. The topological polar surface area (TPSA) is 131 Å². The minimum absolute atomic E-state index is 0.105. The van der Waals surface area contributed by atoms with E-state index in [1.165, 1.54) is 14.2 Å². The fourth-order valence-corrected chi connectivity index (χ4v) is 5.68. The van der Waals surface area contributed by atoms with Crippen LogP contribution in [0.15, 0.2) is 42.5 Å². The second-order valence-electron chi connectivity index (χ2n) is 10.4. The predicted molar refractivity (Wildman–Crippen MR) is 137 cm³/mol. The highest BCUT2D eigenvalue weighted by molar-refractivity contribution is 6.09. The third kappa shape index (κ3) is 5.45. The molecule has 0 unspecified atom stereocenters. The van der Waals surface area contributed by atoms with Crippen LogP contribution in [0.4, 0.5) is 13.2 Å². The first-order chi connectivity index (χ1) is 19.2. The van der Waals surface area contributed by atoms with E-state index in [0.717, 1.165) is 27.3 Å². The van der Waals surface area contributed by atoms with Crippen LogP contribution >= 0.6 is 0 Å². The van der Waals surface area contributed by atoms with E-state index in [2.05, 4.69) is 5.32 Å². The third-order valence-corrected chi connectivity index (χ3v) is 7.37. The van der Waals surface area contributed by atoms with Crippen molar-refractivity contribution in [3.63, 3.8) is 0 Å². The van der Waals surface area contributed by atoms with E-state index >= 15 is 0 Å². The lowest BCUT2D eigenvalue weighted by Crippen LogP contribution is -2.56. The van der Waals surface area contributed by atoms with E-state index in [4.69, 9.17) is 24.1 Å². The Kier molecular flexibility index (Phi) is 8.03. The summed E-state index contributed by atoms with van der Waals surface area (Å²) in [6.45, 7) is 4.19. The van der Waals surface area contributed by atoms with Gasteiger partial charge in [0.25, 0.3) is 0 Å². The lowest BCUT2D eigenvalue weighted by molar-refractivity contribution is -0.192. The van der Waals surface area contributed by atoms with E-state index in [1.807, 2.05) is 56.3 Å². The number of benzene rings is 2. The molecule has 3 heterocycles. The van der Waals surface area contributed by atoms with Crippen molar-refractivity contribution >= 4 is 23.8 Å². The Morgan fingerprint density at radius 2 is 1.66 bits per heavy atom. The van der Waals surface area contributed by atoms with E-state index in [-0.39, 0.29) is 24.5 Å². The number of methoxy groups -OCH3 is 1. The molecule has 2 amide bonds. The van der Waals surface area contributed by atoms with Crippen molar-refractivity contribution in [2.24, 2.45) is 17.8 Å². The number of ether oxygens (including phenoxy) is 3. The first-order valence-corrected chi connectivity index (χ1v) is 12.7. The van der Waals surface area contributed by atoms with Gasteiger partial charge in [-0.3, -0.25) is 24.6 Å². The molecule has 2 fully saturated rings. The van der Waals surface area contributed by atoms with Crippen LogP contribution in [-0.2, 0) is 23.9 Å². The van der Waals surface area contributed by atoms with Crippen LogP contribution in [0.1, 0.15) is 31.9 Å². The molecule has 3 aliphatic heterocycles. The number of nitrogens with zero attached hydrogens (tertiary/aromatic N) is 1. The van der Waals surface area contributed by atoms with Gasteiger partial charge in [-0.15, -0.1) is 0 Å². The minimum Gasteiger partial charge on any atom is -0.475 e. The third-order valence-electron chi connectivity index (χ3n) is 7.37. The predicted octanol–water partition coefficient (Wildman–Crippen LogP) is 3.55. The van der Waals surface area contributed by atoms with Gasteiger partial charge in [0.15, 0.2) is 11.5 Å². The van der Waals surface area contributed by atoms with E-state index in [1.54, 1.807) is 0 Å². The van der Waals surface area contributed by atoms with Gasteiger partial charge in [0.1, 0.15) is 5.54 Å². The molecule has 2 saturated heterocycles. The largest absolute Gasteiger partial charge is 0.490 e. The number of alkyl halides is 3. The Morgan fingerprint density at radius 3 is 2.22 bits per heavy atom. The molecular weight excluding hydrogens is 549 g/mol. The fraction of sp³-hybridized carbons (Fsp3) is 0.429. The van der Waals surface area contributed by atoms with Crippen LogP contribution in [-0.4, -0.2) is 66.4 Å². The van der Waals surface area contributed by atoms with Gasteiger partial charge in [-0.1, -0.05) is 44.2 Å². The summed E-state index contributed by atoms with van der Waals surface area (Å²) < 4.78 is 47.8. The van der Waals surface area contributed by atoms with Crippen molar-refractivity contribution in [2.75, 3.05) is 21.0 Å². The maximum atomic E-state index is 13.2. The van der Waals surface area contributed by atoms with Crippen LogP contribution in [0.2, 0.25) is 0 Å². The summed E-state index contributed by atoms with van der Waals surface area (Å²) in [5.41, 5.74) is 1.53. The Bertz CT molecular complexity index is 1360. The number of carboxylic acids is 1. The number of likely N-dealkylation sites (tertiary alicyclic amines) is 1. The molecule has 0 spiro atoms. The molecular formula is C28H29F3N2O8. The van der Waals surface area contributed by atoms with E-state index in [9.17, 15) is 27.6 Å². The van der Waals surface area contributed by atoms with E-state index < -0.39 is 41.5 Å². The van der Waals surface area contributed by atoms with Crippen LogP contribution in [0.3, 0.4) is 0 Å². The van der Waals surface area contributed by atoms with Crippen LogP contribution in [0.25, 0.3) is 11.1 Å². The molecule has 2 N–H and O–H groups in total. The molecule has 4 atom stereocenters. The van der Waals surface area contributed by atoms with Crippen LogP contribution in [0.5, 0.6) is 11.5 Å². The quantitative estimate of drug-likeness (QED) is 0.404. The molecule has 41 heavy (non-hydrogen) atoms. The molecule has 0 aromatic heterocycles. The van der Waals surface area contributed by atoms with Gasteiger partial charge < -0.3 is 19.3 Å². The number of fused-ring (bicyclic) bond motifs is 2. The molecule has 220 valence electrons. The number of halogens is 3. The number of carbonyl (C=O) groups excluding carboxylic acids is 3. The van der Waals surface area contributed by atoms with Gasteiger partial charge in [0.2, 0.25) is 18.6 Å². The van der Waals surface area contributed by atoms with Crippen molar-refractivity contribution in [1.82, 2.24) is 10.2 Å². The number of nitrogens with one attached hydrogen (secondary N) is 1. The first kappa shape index (κ1) is 29.8. The first-order valence-electron chi connectivity index (χ1n) is 12.7. The summed E-state index contributed by atoms with van der Waals surface area (Å²) in [5, 5.41) is 10.5. The number of rotatable bonds is 5. The number of carboxylic acid groups (broad SMARTS) is 1. The molecule has 3 aliphatic rings. The average Bonchev–Trinajstić information content (AvgIpc) is 3.59. The van der Waals surface area contributed by atoms with Gasteiger partial charge in [-0.2, -0.15) is 13.2 Å². The Labute approximate surface area is 233 Å². The molecule has 5 rings (SSSR count). The highest BCUT2D eigenvalue weighted by Gasteiger charge is 2.68. The maximum absolute atomic E-state index is 13.2. The van der Waals surface area contributed by atoms with Gasteiger partial charge in [-0.25, -0.2) is 4.79 Å². The normalized spacial score (nSPS) is 24.7. The van der Waals surface area contributed by atoms with Crippen molar-refractivity contribution in [2.45, 2.75) is 38.0 Å².